The van der Waals surface area contributed by atoms with Crippen LogP contribution in [0.3, 0.4) is 0 Å². The third-order valence-electron chi connectivity index (χ3n) is 5.01. The van der Waals surface area contributed by atoms with Crippen LogP contribution in [0.15, 0.2) is 0 Å². The molecule has 0 spiro atoms. The van der Waals surface area contributed by atoms with Crippen molar-refractivity contribution in [2.24, 2.45) is 11.7 Å². The standard InChI is InChI=1S/C16H30N2O/c1-3-11-16(2,17)15(19)18-12-7-10-14(18)13-8-5-4-6-9-13/h13-14H,3-12,17H2,1-2H3. The van der Waals surface area contributed by atoms with E-state index in [1.807, 2.05) is 6.92 Å². The predicted octanol–water partition coefficient (Wildman–Crippen LogP) is 3.08. The largest absolute Gasteiger partial charge is 0.338 e. The first-order valence-electron chi connectivity index (χ1n) is 8.16. The molecule has 1 aliphatic carbocycles. The number of nitrogens with zero attached hydrogens (tertiary/aromatic N) is 1. The van der Waals surface area contributed by atoms with Crippen molar-refractivity contribution in [2.75, 3.05) is 6.54 Å². The molecule has 1 heterocycles. The minimum absolute atomic E-state index is 0.197. The molecule has 2 atom stereocenters. The first-order chi connectivity index (χ1) is 9.06. The van der Waals surface area contributed by atoms with Crippen molar-refractivity contribution in [1.29, 1.82) is 0 Å². The molecule has 2 aliphatic rings. The van der Waals surface area contributed by atoms with Crippen LogP contribution in [0.4, 0.5) is 0 Å². The fourth-order valence-electron chi connectivity index (χ4n) is 4.01. The van der Waals surface area contributed by atoms with Gasteiger partial charge in [-0.3, -0.25) is 4.79 Å². The smallest absolute Gasteiger partial charge is 0.242 e. The first-order valence-corrected chi connectivity index (χ1v) is 8.16. The number of hydrogen-bond acceptors (Lipinski definition) is 2. The van der Waals surface area contributed by atoms with Gasteiger partial charge in [0, 0.05) is 12.6 Å². The molecular weight excluding hydrogens is 236 g/mol. The molecule has 0 aromatic carbocycles. The van der Waals surface area contributed by atoms with Crippen molar-refractivity contribution in [3.05, 3.63) is 0 Å². The Morgan fingerprint density at radius 3 is 2.53 bits per heavy atom. The third kappa shape index (κ3) is 3.31. The second kappa shape index (κ2) is 6.25. The van der Waals surface area contributed by atoms with Crippen LogP contribution in [-0.4, -0.2) is 28.9 Å². The Kier molecular flexibility index (Phi) is 4.88. The van der Waals surface area contributed by atoms with Crippen LogP contribution in [0.25, 0.3) is 0 Å². The Bertz CT molecular complexity index is 308. The molecule has 0 radical (unpaired) electrons. The van der Waals surface area contributed by atoms with Gasteiger partial charge in [-0.05, 0) is 44.9 Å². The van der Waals surface area contributed by atoms with Crippen LogP contribution in [0.5, 0.6) is 0 Å². The molecule has 1 amide bonds. The number of carbonyl (C=O) groups is 1. The fourth-order valence-corrected chi connectivity index (χ4v) is 4.01. The predicted molar refractivity (Wildman–Crippen MR) is 78.8 cm³/mol. The summed E-state index contributed by atoms with van der Waals surface area (Å²) in [7, 11) is 0. The normalized spacial score (nSPS) is 28.4. The Morgan fingerprint density at radius 2 is 1.89 bits per heavy atom. The van der Waals surface area contributed by atoms with E-state index in [4.69, 9.17) is 5.73 Å². The van der Waals surface area contributed by atoms with Gasteiger partial charge in [0.05, 0.1) is 5.54 Å². The molecule has 2 rings (SSSR count). The first kappa shape index (κ1) is 14.8. The number of hydrogen-bond donors (Lipinski definition) is 1. The van der Waals surface area contributed by atoms with Gasteiger partial charge < -0.3 is 10.6 Å². The zero-order chi connectivity index (χ0) is 13.9. The monoisotopic (exact) mass is 266 g/mol. The maximum atomic E-state index is 12.7. The molecule has 0 bridgehead atoms. The van der Waals surface area contributed by atoms with Crippen LogP contribution in [0.1, 0.15) is 71.6 Å². The average molecular weight is 266 g/mol. The van der Waals surface area contributed by atoms with Crippen LogP contribution in [-0.2, 0) is 4.79 Å². The lowest BCUT2D eigenvalue weighted by atomic mass is 9.82. The second-order valence-electron chi connectivity index (χ2n) is 6.77. The molecule has 110 valence electrons. The molecule has 2 fully saturated rings. The van der Waals surface area contributed by atoms with Crippen molar-refractivity contribution < 1.29 is 4.79 Å². The summed E-state index contributed by atoms with van der Waals surface area (Å²) in [5, 5.41) is 0. The number of rotatable bonds is 4. The summed E-state index contributed by atoms with van der Waals surface area (Å²) < 4.78 is 0. The van der Waals surface area contributed by atoms with Gasteiger partial charge in [0.1, 0.15) is 0 Å². The van der Waals surface area contributed by atoms with Gasteiger partial charge >= 0.3 is 0 Å². The number of amides is 1. The summed E-state index contributed by atoms with van der Waals surface area (Å²) in [6.45, 7) is 4.94. The maximum absolute atomic E-state index is 12.7. The van der Waals surface area contributed by atoms with Gasteiger partial charge in [0.2, 0.25) is 5.91 Å². The van der Waals surface area contributed by atoms with E-state index < -0.39 is 5.54 Å². The molecule has 0 aromatic rings. The van der Waals surface area contributed by atoms with E-state index in [1.165, 1.54) is 38.5 Å². The second-order valence-corrected chi connectivity index (χ2v) is 6.77. The highest BCUT2D eigenvalue weighted by atomic mass is 16.2. The van der Waals surface area contributed by atoms with E-state index in [2.05, 4.69) is 11.8 Å². The van der Waals surface area contributed by atoms with Crippen molar-refractivity contribution in [3.8, 4) is 0 Å². The van der Waals surface area contributed by atoms with E-state index in [9.17, 15) is 4.79 Å². The molecular formula is C16H30N2O. The summed E-state index contributed by atoms with van der Waals surface area (Å²) in [4.78, 5) is 14.8. The molecule has 0 aromatic heterocycles. The SMILES string of the molecule is CCCC(C)(N)C(=O)N1CCCC1C1CCCCC1. The summed E-state index contributed by atoms with van der Waals surface area (Å²) in [5.74, 6) is 0.931. The van der Waals surface area contributed by atoms with Gasteiger partial charge in [0.15, 0.2) is 0 Å². The van der Waals surface area contributed by atoms with Crippen LogP contribution in [0, 0.1) is 5.92 Å². The minimum Gasteiger partial charge on any atom is -0.338 e. The van der Waals surface area contributed by atoms with E-state index in [0.717, 1.165) is 31.7 Å². The maximum Gasteiger partial charge on any atom is 0.242 e. The van der Waals surface area contributed by atoms with Gasteiger partial charge in [-0.2, -0.15) is 0 Å². The lowest BCUT2D eigenvalue weighted by molar-refractivity contribution is -0.138. The van der Waals surface area contributed by atoms with Crippen LogP contribution in [0.2, 0.25) is 0 Å². The zero-order valence-corrected chi connectivity index (χ0v) is 12.7. The van der Waals surface area contributed by atoms with Gasteiger partial charge in [0.25, 0.3) is 0 Å². The van der Waals surface area contributed by atoms with Crippen LogP contribution >= 0.6 is 0 Å². The quantitative estimate of drug-likeness (QED) is 0.850. The average Bonchev–Trinajstić information content (AvgIpc) is 2.87. The van der Waals surface area contributed by atoms with Gasteiger partial charge in [-0.15, -0.1) is 0 Å². The number of carbonyl (C=O) groups excluding carboxylic acids is 1. The zero-order valence-electron chi connectivity index (χ0n) is 12.7. The Morgan fingerprint density at radius 1 is 1.21 bits per heavy atom. The Balaban J connectivity index is 2.03. The molecule has 2 unspecified atom stereocenters. The van der Waals surface area contributed by atoms with E-state index in [0.29, 0.717) is 6.04 Å². The molecule has 1 saturated carbocycles. The van der Waals surface area contributed by atoms with Gasteiger partial charge in [-0.25, -0.2) is 0 Å². The number of nitrogens with two attached hydrogens (primary N) is 1. The lowest BCUT2D eigenvalue weighted by Crippen LogP contribution is -2.55. The van der Waals surface area contributed by atoms with E-state index >= 15 is 0 Å². The third-order valence-corrected chi connectivity index (χ3v) is 5.01. The molecule has 2 N–H and O–H groups in total. The highest BCUT2D eigenvalue weighted by molar-refractivity contribution is 5.86. The highest BCUT2D eigenvalue weighted by Gasteiger charge is 2.40. The van der Waals surface area contributed by atoms with Crippen LogP contribution < -0.4 is 5.73 Å². The topological polar surface area (TPSA) is 46.3 Å². The van der Waals surface area contributed by atoms with Crippen molar-refractivity contribution in [2.45, 2.75) is 83.2 Å². The van der Waals surface area contributed by atoms with Crippen molar-refractivity contribution in [3.63, 3.8) is 0 Å². The minimum atomic E-state index is -0.661. The van der Waals surface area contributed by atoms with Crippen molar-refractivity contribution >= 4 is 5.91 Å². The molecule has 3 heteroatoms. The fraction of sp³-hybridized carbons (Fsp3) is 0.938. The molecule has 3 nitrogen and oxygen atoms in total. The van der Waals surface area contributed by atoms with Gasteiger partial charge in [-0.1, -0.05) is 32.6 Å². The molecule has 1 aliphatic heterocycles. The summed E-state index contributed by atoms with van der Waals surface area (Å²) in [5.41, 5.74) is 5.59. The molecule has 19 heavy (non-hydrogen) atoms. The van der Waals surface area contributed by atoms with E-state index in [1.54, 1.807) is 0 Å². The molecule has 1 saturated heterocycles. The Hall–Kier alpha value is -0.570. The number of likely N-dealkylation sites (tertiary alicyclic amines) is 1. The summed E-state index contributed by atoms with van der Waals surface area (Å²) in [6, 6.07) is 0.479. The highest BCUT2D eigenvalue weighted by Crippen LogP contribution is 2.35. The van der Waals surface area contributed by atoms with E-state index in [-0.39, 0.29) is 5.91 Å². The Labute approximate surface area is 117 Å². The van der Waals surface area contributed by atoms with Crippen molar-refractivity contribution in [1.82, 2.24) is 4.90 Å². The summed E-state index contributed by atoms with van der Waals surface area (Å²) >= 11 is 0. The summed E-state index contributed by atoms with van der Waals surface area (Å²) in [6.07, 6.45) is 10.8. The lowest BCUT2D eigenvalue weighted by Gasteiger charge is -2.38.